The number of nitrogens with zero attached hydrogens (tertiary/aromatic N) is 2. The molecule has 2 fully saturated rings. The summed E-state index contributed by atoms with van der Waals surface area (Å²) in [4.78, 5) is 20.2. The average molecular weight is 699 g/mol. The molecule has 268 valence electrons. The Morgan fingerprint density at radius 3 is 1.50 bits per heavy atom. The SMILES string of the molecule is COc1c(C(C)(C)C)cc(SC2(Sc3cc(C(C)(C)C)c(O)c(C(C)(C)C)c3)CCN(C(=O)CN3CCOCC3)CC2)cc1C(C)(C)C. The summed E-state index contributed by atoms with van der Waals surface area (Å²) in [7, 11) is 1.79. The molecule has 2 aliphatic rings. The van der Waals surface area contributed by atoms with Gasteiger partial charge in [0, 0.05) is 58.2 Å². The van der Waals surface area contributed by atoms with Crippen LogP contribution >= 0.6 is 23.5 Å². The van der Waals surface area contributed by atoms with E-state index in [1.165, 1.54) is 20.9 Å². The van der Waals surface area contributed by atoms with Crippen molar-refractivity contribution in [2.24, 2.45) is 0 Å². The highest BCUT2D eigenvalue weighted by Gasteiger charge is 2.40. The summed E-state index contributed by atoms with van der Waals surface area (Å²) < 4.78 is 11.4. The number of aromatic hydroxyl groups is 1. The Labute approximate surface area is 300 Å². The van der Waals surface area contributed by atoms with Crippen LogP contribution in [0.3, 0.4) is 0 Å². The van der Waals surface area contributed by atoms with E-state index in [2.05, 4.69) is 117 Å². The van der Waals surface area contributed by atoms with Gasteiger partial charge in [-0.05, 0) is 58.8 Å². The maximum absolute atomic E-state index is 13.5. The summed E-state index contributed by atoms with van der Waals surface area (Å²) in [6.45, 7) is 31.5. The summed E-state index contributed by atoms with van der Waals surface area (Å²) in [5, 5.41) is 11.5. The van der Waals surface area contributed by atoms with Gasteiger partial charge in [0.15, 0.2) is 0 Å². The number of ether oxygens (including phenoxy) is 2. The number of carbonyl (C=O) groups excluding carboxylic acids is 1. The van der Waals surface area contributed by atoms with E-state index in [-0.39, 0.29) is 31.6 Å². The Kier molecular flexibility index (Phi) is 11.7. The van der Waals surface area contributed by atoms with Gasteiger partial charge in [-0.3, -0.25) is 9.69 Å². The van der Waals surface area contributed by atoms with Crippen LogP contribution in [-0.2, 0) is 31.2 Å². The largest absolute Gasteiger partial charge is 0.507 e. The minimum absolute atomic E-state index is 0.0995. The van der Waals surface area contributed by atoms with Crippen LogP contribution in [0.4, 0.5) is 0 Å². The number of phenolic OH excluding ortho intramolecular Hbond substituents is 1. The Morgan fingerprint density at radius 2 is 1.12 bits per heavy atom. The molecule has 1 N–H and O–H groups in total. The van der Waals surface area contributed by atoms with Gasteiger partial charge < -0.3 is 19.5 Å². The predicted molar refractivity (Wildman–Crippen MR) is 203 cm³/mol. The van der Waals surface area contributed by atoms with Crippen LogP contribution < -0.4 is 4.74 Å². The van der Waals surface area contributed by atoms with Crippen LogP contribution in [-0.4, -0.2) is 77.9 Å². The number of benzene rings is 2. The zero-order chi connectivity index (χ0) is 35.9. The van der Waals surface area contributed by atoms with Crippen LogP contribution in [0.5, 0.6) is 11.5 Å². The van der Waals surface area contributed by atoms with E-state index >= 15 is 0 Å². The second kappa shape index (κ2) is 14.4. The fourth-order valence-corrected chi connectivity index (χ4v) is 9.69. The van der Waals surface area contributed by atoms with Gasteiger partial charge in [-0.1, -0.05) is 83.1 Å². The minimum Gasteiger partial charge on any atom is -0.507 e. The number of thioether (sulfide) groups is 2. The molecule has 48 heavy (non-hydrogen) atoms. The van der Waals surface area contributed by atoms with Crippen LogP contribution in [0, 0.1) is 0 Å². The summed E-state index contributed by atoms with van der Waals surface area (Å²) in [6.07, 6.45) is 1.71. The summed E-state index contributed by atoms with van der Waals surface area (Å²) >= 11 is 3.86. The first-order valence-electron chi connectivity index (χ1n) is 17.6. The third-order valence-electron chi connectivity index (χ3n) is 9.53. The lowest BCUT2D eigenvalue weighted by atomic mass is 9.79. The molecule has 0 spiro atoms. The standard InChI is InChI=1S/C40H62N2O4S2/c1-36(2,3)29-22-27(23-30(34(29)44)37(4,5)6)47-40(14-16-42(17-15-40)33(43)26-41-18-20-46-21-19-41)48-28-24-31(38(7,8)9)35(45-13)32(25-28)39(10,11)12/h22-25,44H,14-21,26H2,1-13H3. The van der Waals surface area contributed by atoms with Crippen molar-refractivity contribution in [2.75, 3.05) is 53.0 Å². The molecule has 8 heteroatoms. The Hall–Kier alpha value is -1.87. The van der Waals surface area contributed by atoms with E-state index in [0.29, 0.717) is 38.6 Å². The molecular formula is C40H62N2O4S2. The van der Waals surface area contributed by atoms with Gasteiger partial charge in [-0.15, -0.1) is 23.5 Å². The normalized spacial score (nSPS) is 18.2. The lowest BCUT2D eigenvalue weighted by molar-refractivity contribution is -0.134. The Bertz CT molecular complexity index is 1380. The summed E-state index contributed by atoms with van der Waals surface area (Å²) in [6, 6.07) is 9.11. The molecule has 0 radical (unpaired) electrons. The predicted octanol–water partition coefficient (Wildman–Crippen LogP) is 9.13. The summed E-state index contributed by atoms with van der Waals surface area (Å²) in [5.41, 5.74) is 3.76. The van der Waals surface area contributed by atoms with Crippen LogP contribution in [0.15, 0.2) is 34.1 Å². The quantitative estimate of drug-likeness (QED) is 0.290. The maximum atomic E-state index is 13.5. The molecule has 2 aromatic carbocycles. The van der Waals surface area contributed by atoms with Gasteiger partial charge >= 0.3 is 0 Å². The minimum atomic E-state index is -0.213. The van der Waals surface area contributed by atoms with Crippen molar-refractivity contribution in [3.8, 4) is 11.5 Å². The number of amides is 1. The van der Waals surface area contributed by atoms with E-state index in [1.54, 1.807) is 7.11 Å². The number of phenols is 1. The fraction of sp³-hybridized carbons (Fsp3) is 0.675. The third kappa shape index (κ3) is 9.26. The first-order chi connectivity index (χ1) is 22.0. The number of carbonyl (C=O) groups is 1. The molecule has 0 saturated carbocycles. The van der Waals surface area contributed by atoms with Crippen molar-refractivity contribution in [3.63, 3.8) is 0 Å². The smallest absolute Gasteiger partial charge is 0.236 e. The Morgan fingerprint density at radius 1 is 0.729 bits per heavy atom. The molecule has 2 saturated heterocycles. The van der Waals surface area contributed by atoms with Crippen LogP contribution in [0.2, 0.25) is 0 Å². The molecule has 6 nitrogen and oxygen atoms in total. The average Bonchev–Trinajstić information content (AvgIpc) is 2.96. The molecular weight excluding hydrogens is 637 g/mol. The lowest BCUT2D eigenvalue weighted by Gasteiger charge is -2.42. The number of methoxy groups -OCH3 is 1. The summed E-state index contributed by atoms with van der Waals surface area (Å²) in [5.74, 6) is 1.60. The third-order valence-corrected chi connectivity index (χ3v) is 12.5. The van der Waals surface area contributed by atoms with E-state index in [1.807, 2.05) is 23.5 Å². The first-order valence-corrected chi connectivity index (χ1v) is 19.2. The lowest BCUT2D eigenvalue weighted by Crippen LogP contribution is -2.49. The van der Waals surface area contributed by atoms with Crippen molar-refractivity contribution >= 4 is 29.4 Å². The van der Waals surface area contributed by atoms with E-state index < -0.39 is 0 Å². The van der Waals surface area contributed by atoms with Crippen molar-refractivity contribution in [1.29, 1.82) is 0 Å². The highest BCUT2D eigenvalue weighted by molar-refractivity contribution is 8.18. The number of hydrogen-bond acceptors (Lipinski definition) is 7. The molecule has 4 rings (SSSR count). The van der Waals surface area contributed by atoms with Gasteiger partial charge in [0.1, 0.15) is 11.5 Å². The fourth-order valence-electron chi connectivity index (χ4n) is 6.61. The molecule has 2 heterocycles. The zero-order valence-corrected chi connectivity index (χ0v) is 33.7. The second-order valence-electron chi connectivity index (χ2n) is 17.8. The molecule has 0 aliphatic carbocycles. The topological polar surface area (TPSA) is 62.2 Å². The number of piperidine rings is 1. The van der Waals surface area contributed by atoms with Gasteiger partial charge in [0.05, 0.1) is 30.9 Å². The number of likely N-dealkylation sites (tertiary alicyclic amines) is 1. The van der Waals surface area contributed by atoms with E-state index in [4.69, 9.17) is 9.47 Å². The number of rotatable bonds is 7. The molecule has 1 amide bonds. The van der Waals surface area contributed by atoms with Crippen LogP contribution in [0.25, 0.3) is 0 Å². The molecule has 0 bridgehead atoms. The van der Waals surface area contributed by atoms with E-state index in [9.17, 15) is 9.90 Å². The van der Waals surface area contributed by atoms with Crippen molar-refractivity contribution in [1.82, 2.24) is 9.80 Å². The van der Waals surface area contributed by atoms with Crippen molar-refractivity contribution in [2.45, 2.75) is 131 Å². The van der Waals surface area contributed by atoms with Crippen LogP contribution in [0.1, 0.15) is 118 Å². The molecule has 2 aromatic rings. The molecule has 0 unspecified atom stereocenters. The maximum Gasteiger partial charge on any atom is 0.236 e. The van der Waals surface area contributed by atoms with Gasteiger partial charge in [0.25, 0.3) is 0 Å². The van der Waals surface area contributed by atoms with Gasteiger partial charge in [0.2, 0.25) is 5.91 Å². The van der Waals surface area contributed by atoms with E-state index in [0.717, 1.165) is 42.8 Å². The molecule has 2 aliphatic heterocycles. The zero-order valence-electron chi connectivity index (χ0n) is 32.1. The number of morpholine rings is 1. The number of hydrogen-bond donors (Lipinski definition) is 1. The Balaban J connectivity index is 1.78. The molecule has 0 atom stereocenters. The highest BCUT2D eigenvalue weighted by Crippen LogP contribution is 2.55. The molecule has 0 aromatic heterocycles. The monoisotopic (exact) mass is 698 g/mol. The van der Waals surface area contributed by atoms with Gasteiger partial charge in [-0.2, -0.15) is 0 Å². The van der Waals surface area contributed by atoms with Crippen molar-refractivity contribution < 1.29 is 19.4 Å². The first kappa shape index (κ1) is 38.9. The van der Waals surface area contributed by atoms with Crippen molar-refractivity contribution in [3.05, 3.63) is 46.5 Å². The van der Waals surface area contributed by atoms with Gasteiger partial charge in [-0.25, -0.2) is 0 Å². The second-order valence-corrected chi connectivity index (χ2v) is 21.0. The highest BCUT2D eigenvalue weighted by atomic mass is 32.2.